The Morgan fingerprint density at radius 2 is 2.00 bits per heavy atom. The van der Waals surface area contributed by atoms with Crippen LogP contribution < -0.4 is 29.6 Å². The third-order valence-electron chi connectivity index (χ3n) is 0.198. The minimum atomic E-state index is -0.338. The molecule has 0 saturated heterocycles. The average Bonchev–Trinajstić information content (AvgIpc) is 1.38. The number of aliphatic hydroxyl groups excluding tert-OH is 1. The zero-order valence-corrected chi connectivity index (χ0v) is 6.57. The quantitative estimate of drug-likeness (QED) is 0.227. The van der Waals surface area contributed by atoms with Gasteiger partial charge in [-0.3, -0.25) is 0 Å². The van der Waals surface area contributed by atoms with E-state index in [1.54, 1.807) is 0 Å². The maximum absolute atomic E-state index is 7.95. The van der Waals surface area contributed by atoms with E-state index in [4.69, 9.17) is 16.7 Å². The fourth-order valence-electron chi connectivity index (χ4n) is 0. The second-order valence-corrected chi connectivity index (χ2v) is 1.40. The van der Waals surface area contributed by atoms with Crippen LogP contribution in [0.2, 0.25) is 0 Å². The van der Waals surface area contributed by atoms with Crippen LogP contribution in [-0.2, 0) is 0 Å². The molecule has 0 aliphatic carbocycles. The fraction of sp³-hybridized carbons (Fsp3) is 0.667. The maximum atomic E-state index is 7.95. The van der Waals surface area contributed by atoms with E-state index in [-0.39, 0.29) is 41.5 Å². The van der Waals surface area contributed by atoms with Crippen LogP contribution in [0.4, 0.5) is 0 Å². The van der Waals surface area contributed by atoms with E-state index in [0.717, 1.165) is 0 Å². The molecule has 1 nitrogen and oxygen atoms in total. The molecule has 32 valence electrons. The van der Waals surface area contributed by atoms with Gasteiger partial charge in [-0.25, -0.2) is 0 Å². The van der Waals surface area contributed by atoms with Gasteiger partial charge in [0.15, 0.2) is 0 Å². The molecule has 0 aromatic rings. The van der Waals surface area contributed by atoms with Crippen molar-refractivity contribution in [2.45, 2.75) is 5.38 Å². The van der Waals surface area contributed by atoms with E-state index >= 15 is 0 Å². The van der Waals surface area contributed by atoms with Crippen LogP contribution in [0.25, 0.3) is 0 Å². The van der Waals surface area contributed by atoms with Gasteiger partial charge < -0.3 is 12.0 Å². The molecule has 0 heterocycles. The van der Waals surface area contributed by atoms with Crippen LogP contribution in [0.5, 0.6) is 0 Å². The van der Waals surface area contributed by atoms with Crippen molar-refractivity contribution in [1.29, 1.82) is 0 Å². The first-order valence-electron chi connectivity index (χ1n) is 1.35. The summed E-state index contributed by atoms with van der Waals surface area (Å²) in [5.41, 5.74) is 0. The predicted octanol–water partition coefficient (Wildman–Crippen LogP) is -2.58. The van der Waals surface area contributed by atoms with Gasteiger partial charge in [0, 0.05) is 6.61 Å². The van der Waals surface area contributed by atoms with Crippen molar-refractivity contribution in [3.05, 3.63) is 6.92 Å². The van der Waals surface area contributed by atoms with E-state index in [9.17, 15) is 0 Å². The molecular weight excluding hydrogens is 110 g/mol. The smallest absolute Gasteiger partial charge is 0.398 e. The predicted molar refractivity (Wildman–Crippen MR) is 22.1 cm³/mol. The average molecular weight is 117 g/mol. The van der Waals surface area contributed by atoms with Crippen molar-refractivity contribution in [3.8, 4) is 0 Å². The first kappa shape index (κ1) is 10.3. The van der Waals surface area contributed by atoms with Gasteiger partial charge in [-0.15, -0.1) is 0 Å². The molecular formula is C3H6ClNaO. The SMILES string of the molecule is [CH2-]C(Cl)CO.[Na+]. The number of alkyl halides is 1. The number of halogens is 1. The van der Waals surface area contributed by atoms with E-state index in [0.29, 0.717) is 0 Å². The second kappa shape index (κ2) is 6.25. The number of hydrogen-bond donors (Lipinski definition) is 1. The Bertz CT molecular complexity index is 24.8. The minimum absolute atomic E-state index is 0. The molecule has 0 aliphatic heterocycles. The molecule has 0 aromatic heterocycles. The summed E-state index contributed by atoms with van der Waals surface area (Å²) < 4.78 is 0. The molecule has 0 saturated carbocycles. The Morgan fingerprint density at radius 3 is 2.00 bits per heavy atom. The summed E-state index contributed by atoms with van der Waals surface area (Å²) in [5.74, 6) is 0. The van der Waals surface area contributed by atoms with Crippen LogP contribution in [0.15, 0.2) is 0 Å². The summed E-state index contributed by atoms with van der Waals surface area (Å²) in [7, 11) is 0. The molecule has 0 amide bonds. The van der Waals surface area contributed by atoms with Crippen molar-refractivity contribution in [2.75, 3.05) is 6.61 Å². The minimum Gasteiger partial charge on any atom is -0.398 e. The van der Waals surface area contributed by atoms with Gasteiger partial charge in [0.05, 0.1) is 0 Å². The first-order valence-corrected chi connectivity index (χ1v) is 1.79. The summed E-state index contributed by atoms with van der Waals surface area (Å²) in [6.07, 6.45) is 0. The maximum Gasteiger partial charge on any atom is 1.00 e. The largest absolute Gasteiger partial charge is 1.00 e. The monoisotopic (exact) mass is 116 g/mol. The third-order valence-corrected chi connectivity index (χ3v) is 0.336. The van der Waals surface area contributed by atoms with Crippen LogP contribution in [-0.4, -0.2) is 17.1 Å². The molecule has 0 bridgehead atoms. The molecule has 3 heteroatoms. The molecule has 0 aliphatic rings. The standard InChI is InChI=1S/C3H6ClO.Na/c1-3(4)2-5;/h3,5H,1-2H2;/q-1;+1. The van der Waals surface area contributed by atoms with E-state index < -0.39 is 0 Å². The van der Waals surface area contributed by atoms with Gasteiger partial charge in [0.2, 0.25) is 0 Å². The molecule has 1 N–H and O–H groups in total. The molecule has 0 radical (unpaired) electrons. The molecule has 1 atom stereocenters. The topological polar surface area (TPSA) is 20.2 Å². The number of rotatable bonds is 1. The fourth-order valence-corrected chi connectivity index (χ4v) is 0. The summed E-state index contributed by atoms with van der Waals surface area (Å²) >= 11 is 5.10. The number of hydrogen-bond acceptors (Lipinski definition) is 1. The van der Waals surface area contributed by atoms with E-state index in [1.807, 2.05) is 0 Å². The normalized spacial score (nSPS) is 12.5. The Balaban J connectivity index is 0. The van der Waals surface area contributed by atoms with Crippen LogP contribution in [0.1, 0.15) is 0 Å². The second-order valence-electron chi connectivity index (χ2n) is 0.780. The van der Waals surface area contributed by atoms with Crippen LogP contribution >= 0.6 is 11.6 Å². The molecule has 1 unspecified atom stereocenters. The summed E-state index contributed by atoms with van der Waals surface area (Å²) in [6.45, 7) is 3.23. The van der Waals surface area contributed by atoms with Crippen molar-refractivity contribution < 1.29 is 34.7 Å². The zero-order valence-electron chi connectivity index (χ0n) is 3.82. The zero-order chi connectivity index (χ0) is 4.28. The van der Waals surface area contributed by atoms with Gasteiger partial charge in [0.1, 0.15) is 0 Å². The van der Waals surface area contributed by atoms with Gasteiger partial charge in [-0.05, 0) is 0 Å². The summed E-state index contributed by atoms with van der Waals surface area (Å²) in [5, 5.41) is 7.61. The Morgan fingerprint density at radius 1 is 1.83 bits per heavy atom. The van der Waals surface area contributed by atoms with Crippen molar-refractivity contribution in [2.24, 2.45) is 0 Å². The third kappa shape index (κ3) is 8.98. The molecule has 6 heavy (non-hydrogen) atoms. The van der Waals surface area contributed by atoms with Crippen molar-refractivity contribution in [3.63, 3.8) is 0 Å². The Kier molecular flexibility index (Phi) is 10.7. The molecule has 0 aromatic carbocycles. The van der Waals surface area contributed by atoms with Crippen molar-refractivity contribution >= 4 is 11.6 Å². The summed E-state index contributed by atoms with van der Waals surface area (Å²) in [4.78, 5) is 0. The number of aliphatic hydroxyl groups is 1. The van der Waals surface area contributed by atoms with E-state index in [1.165, 1.54) is 0 Å². The molecule has 0 fully saturated rings. The van der Waals surface area contributed by atoms with Crippen LogP contribution in [0.3, 0.4) is 0 Å². The van der Waals surface area contributed by atoms with Gasteiger partial charge in [-0.2, -0.15) is 11.6 Å². The molecule has 0 rings (SSSR count). The Labute approximate surface area is 65.0 Å². The Hall–Kier alpha value is 1.25. The molecule has 0 spiro atoms. The van der Waals surface area contributed by atoms with Gasteiger partial charge >= 0.3 is 29.6 Å². The van der Waals surface area contributed by atoms with Gasteiger partial charge in [0.25, 0.3) is 0 Å². The summed E-state index contributed by atoms with van der Waals surface area (Å²) in [6, 6.07) is 0. The first-order chi connectivity index (χ1) is 2.27. The van der Waals surface area contributed by atoms with E-state index in [2.05, 4.69) is 6.92 Å². The van der Waals surface area contributed by atoms with Crippen molar-refractivity contribution in [1.82, 2.24) is 0 Å². The van der Waals surface area contributed by atoms with Gasteiger partial charge in [-0.1, -0.05) is 5.38 Å². The van der Waals surface area contributed by atoms with Crippen LogP contribution in [0, 0.1) is 6.92 Å².